The normalized spacial score (nSPS) is 18.6. The number of amides is 1. The van der Waals surface area contributed by atoms with Gasteiger partial charge in [0.1, 0.15) is 23.6 Å². The van der Waals surface area contributed by atoms with Crippen LogP contribution in [0.4, 0.5) is 31.3 Å². The Morgan fingerprint density at radius 3 is 2.38 bits per heavy atom. The van der Waals surface area contributed by atoms with Gasteiger partial charge in [-0.1, -0.05) is 11.3 Å². The van der Waals surface area contributed by atoms with E-state index in [1.165, 1.54) is 11.0 Å². The van der Waals surface area contributed by atoms with Crippen LogP contribution in [0.15, 0.2) is 18.7 Å². The van der Waals surface area contributed by atoms with Crippen molar-refractivity contribution in [2.45, 2.75) is 50.1 Å². The maximum Gasteiger partial charge on any atom is 0.451 e. The van der Waals surface area contributed by atoms with E-state index in [9.17, 15) is 36.2 Å². The van der Waals surface area contributed by atoms with Gasteiger partial charge in [-0.05, 0) is 19.3 Å². The monoisotopic (exact) mass is 576 g/mol. The van der Waals surface area contributed by atoms with Crippen molar-refractivity contribution in [3.63, 3.8) is 0 Å². The highest BCUT2D eigenvalue weighted by molar-refractivity contribution is 7.16. The van der Waals surface area contributed by atoms with Crippen molar-refractivity contribution in [1.82, 2.24) is 34.6 Å². The average molecular weight is 577 g/mol. The molecule has 1 atom stereocenters. The molecule has 1 aliphatic heterocycles. The number of halogens is 6. The summed E-state index contributed by atoms with van der Waals surface area (Å²) in [6.07, 6.45) is -4.37. The zero-order valence-electron chi connectivity index (χ0n) is 20.2. The Hall–Kier alpha value is -3.34. The average Bonchev–Trinajstić information content (AvgIpc) is 3.44. The SMILES string of the molecule is O=C(Cn1cnc(C2CC2)n1)N1CCN(c2sc(C(F)(F)F)nc2-c2cnc(C(F)(F)F)nc2)C[C@H]1CCO. The zero-order chi connectivity index (χ0) is 27.9. The summed E-state index contributed by atoms with van der Waals surface area (Å²) in [4.78, 5) is 30.6. The first-order valence-corrected chi connectivity index (χ1v) is 12.8. The van der Waals surface area contributed by atoms with Crippen LogP contribution < -0.4 is 4.90 Å². The molecular formula is C22H22F6N8O2S. The molecule has 4 heterocycles. The van der Waals surface area contributed by atoms with Crippen molar-refractivity contribution in [1.29, 1.82) is 0 Å². The second kappa shape index (κ2) is 10.3. The van der Waals surface area contributed by atoms with Crippen molar-refractivity contribution in [3.05, 3.63) is 35.4 Å². The van der Waals surface area contributed by atoms with Gasteiger partial charge in [-0.3, -0.25) is 4.79 Å². The van der Waals surface area contributed by atoms with E-state index in [0.29, 0.717) is 23.1 Å². The fraction of sp³-hybridized carbons (Fsp3) is 0.545. The van der Waals surface area contributed by atoms with Crippen molar-refractivity contribution < 1.29 is 36.2 Å². The number of nitrogens with zero attached hydrogens (tertiary/aromatic N) is 8. The molecule has 5 rings (SSSR count). The lowest BCUT2D eigenvalue weighted by molar-refractivity contribution is -0.145. The molecule has 2 aliphatic rings. The summed E-state index contributed by atoms with van der Waals surface area (Å²) in [6.45, 7) is -0.00468. The van der Waals surface area contributed by atoms with Crippen LogP contribution in [0.1, 0.15) is 41.8 Å². The lowest BCUT2D eigenvalue weighted by Gasteiger charge is -2.42. The maximum atomic E-state index is 13.6. The summed E-state index contributed by atoms with van der Waals surface area (Å²) in [6, 6.07) is -0.546. The topological polar surface area (TPSA) is 113 Å². The Bertz CT molecular complexity index is 1320. The number of carbonyl (C=O) groups is 1. The van der Waals surface area contributed by atoms with Crippen LogP contribution in [0.5, 0.6) is 0 Å². The Labute approximate surface area is 221 Å². The molecule has 1 aliphatic carbocycles. The molecule has 2 fully saturated rings. The molecule has 1 saturated carbocycles. The molecular weight excluding hydrogens is 554 g/mol. The number of hydrogen-bond donors (Lipinski definition) is 1. The molecule has 3 aromatic heterocycles. The highest BCUT2D eigenvalue weighted by atomic mass is 32.1. The molecule has 0 radical (unpaired) electrons. The quantitative estimate of drug-likeness (QED) is 0.427. The van der Waals surface area contributed by atoms with Crippen LogP contribution in [0, 0.1) is 0 Å². The summed E-state index contributed by atoms with van der Waals surface area (Å²) in [7, 11) is 0. The minimum Gasteiger partial charge on any atom is -0.396 e. The largest absolute Gasteiger partial charge is 0.451 e. The van der Waals surface area contributed by atoms with Gasteiger partial charge in [0, 0.05) is 50.1 Å². The Morgan fingerprint density at radius 2 is 1.77 bits per heavy atom. The van der Waals surface area contributed by atoms with Crippen LogP contribution >= 0.6 is 11.3 Å². The molecule has 39 heavy (non-hydrogen) atoms. The maximum absolute atomic E-state index is 13.6. The summed E-state index contributed by atoms with van der Waals surface area (Å²) < 4.78 is 80.8. The predicted molar refractivity (Wildman–Crippen MR) is 125 cm³/mol. The summed E-state index contributed by atoms with van der Waals surface area (Å²) in [5.41, 5.74) is -0.321. The first-order chi connectivity index (χ1) is 18.4. The van der Waals surface area contributed by atoms with Crippen molar-refractivity contribution >= 4 is 22.2 Å². The first-order valence-electron chi connectivity index (χ1n) is 12.0. The second-order valence-electron chi connectivity index (χ2n) is 9.24. The van der Waals surface area contributed by atoms with Crippen molar-refractivity contribution in [3.8, 4) is 11.3 Å². The van der Waals surface area contributed by atoms with E-state index in [1.807, 2.05) is 0 Å². The number of piperazine rings is 1. The smallest absolute Gasteiger partial charge is 0.396 e. The van der Waals surface area contributed by atoms with Gasteiger partial charge in [-0.15, -0.1) is 0 Å². The lowest BCUT2D eigenvalue weighted by atomic mass is 10.1. The van der Waals surface area contributed by atoms with E-state index in [4.69, 9.17) is 0 Å². The Morgan fingerprint density at radius 1 is 1.05 bits per heavy atom. The number of aliphatic hydroxyl groups is 1. The zero-order valence-corrected chi connectivity index (χ0v) is 21.0. The molecule has 1 amide bonds. The summed E-state index contributed by atoms with van der Waals surface area (Å²) in [5, 5.41) is 12.8. The van der Waals surface area contributed by atoms with Gasteiger partial charge in [-0.2, -0.15) is 31.4 Å². The number of aromatic nitrogens is 6. The highest BCUT2D eigenvalue weighted by Gasteiger charge is 2.40. The molecule has 1 saturated heterocycles. The molecule has 10 nitrogen and oxygen atoms in total. The van der Waals surface area contributed by atoms with Gasteiger partial charge in [-0.25, -0.2) is 24.6 Å². The van der Waals surface area contributed by atoms with Gasteiger partial charge in [0.15, 0.2) is 5.82 Å². The van der Waals surface area contributed by atoms with E-state index in [2.05, 4.69) is 25.0 Å². The summed E-state index contributed by atoms with van der Waals surface area (Å²) >= 11 is 0.345. The molecule has 1 N–H and O–H groups in total. The number of rotatable bonds is 7. The van der Waals surface area contributed by atoms with Crippen LogP contribution in [0.25, 0.3) is 11.3 Å². The third-order valence-corrected chi connectivity index (χ3v) is 7.54. The number of anilines is 1. The van der Waals surface area contributed by atoms with Crippen molar-refractivity contribution in [2.75, 3.05) is 31.1 Å². The molecule has 17 heteroatoms. The highest BCUT2D eigenvalue weighted by Crippen LogP contribution is 2.43. The summed E-state index contributed by atoms with van der Waals surface area (Å²) in [5.74, 6) is -0.704. The van der Waals surface area contributed by atoms with E-state index in [-0.39, 0.29) is 61.4 Å². The first kappa shape index (κ1) is 27.2. The molecule has 0 bridgehead atoms. The van der Waals surface area contributed by atoms with Crippen LogP contribution in [0.3, 0.4) is 0 Å². The standard InChI is InChI=1S/C22H22F6N8O2S/c23-21(24,25)19-29-7-13(8-30-19)16-18(39-20(32-16)22(26,27)28)34-4-5-36(14(9-34)3-6-37)15(38)10-35-11-31-17(33-35)12-1-2-12/h7-8,11-12,14,37H,1-6,9-10H2/t14-/m1/s1. The Kier molecular flexibility index (Phi) is 7.21. The Balaban J connectivity index is 1.38. The van der Waals surface area contributed by atoms with Crippen LogP contribution in [-0.2, 0) is 23.7 Å². The molecule has 0 unspecified atom stereocenters. The molecule has 210 valence electrons. The van der Waals surface area contributed by atoms with Gasteiger partial charge in [0.2, 0.25) is 16.7 Å². The third-order valence-electron chi connectivity index (χ3n) is 6.38. The number of alkyl halides is 6. The molecule has 0 spiro atoms. The fourth-order valence-electron chi connectivity index (χ4n) is 4.34. The number of aliphatic hydroxyl groups excluding tert-OH is 1. The number of hydrogen-bond acceptors (Lipinski definition) is 9. The minimum atomic E-state index is -4.81. The molecule has 0 aromatic carbocycles. The van der Waals surface area contributed by atoms with Crippen LogP contribution in [-0.4, -0.2) is 77.9 Å². The third kappa shape index (κ3) is 5.98. The number of carbonyl (C=O) groups excluding carboxylic acids is 1. The van der Waals surface area contributed by atoms with E-state index < -0.39 is 29.2 Å². The fourth-order valence-corrected chi connectivity index (χ4v) is 5.33. The molecule has 3 aromatic rings. The van der Waals surface area contributed by atoms with Gasteiger partial charge in [0.25, 0.3) is 0 Å². The number of thiazole rings is 1. The van der Waals surface area contributed by atoms with Crippen LogP contribution in [0.2, 0.25) is 0 Å². The van der Waals surface area contributed by atoms with Gasteiger partial charge >= 0.3 is 12.4 Å². The van der Waals surface area contributed by atoms with E-state index in [0.717, 1.165) is 25.2 Å². The van der Waals surface area contributed by atoms with Gasteiger partial charge < -0.3 is 14.9 Å². The van der Waals surface area contributed by atoms with E-state index in [1.54, 1.807) is 9.80 Å². The van der Waals surface area contributed by atoms with Crippen molar-refractivity contribution in [2.24, 2.45) is 0 Å². The second-order valence-corrected chi connectivity index (χ2v) is 10.2. The van der Waals surface area contributed by atoms with E-state index >= 15 is 0 Å². The predicted octanol–water partition coefficient (Wildman–Crippen LogP) is 3.21. The lowest BCUT2D eigenvalue weighted by Crippen LogP contribution is -2.56. The minimum absolute atomic E-state index is 0.0612. The van der Waals surface area contributed by atoms with Gasteiger partial charge in [0.05, 0.1) is 6.04 Å².